The lowest BCUT2D eigenvalue weighted by molar-refractivity contribution is 1.47. The first-order valence-corrected chi connectivity index (χ1v) is 3.98. The van der Waals surface area contributed by atoms with Gasteiger partial charge in [-0.2, -0.15) is 0 Å². The number of rotatable bonds is 2. The number of nitrogen functional groups attached to an aromatic ring is 1. The predicted octanol–water partition coefficient (Wildman–Crippen LogP) is 1.27. The molecule has 68 valence electrons. The zero-order valence-corrected chi connectivity index (χ0v) is 7.57. The summed E-state index contributed by atoms with van der Waals surface area (Å²) in [6.45, 7) is 0. The smallest absolute Gasteiger partial charge is 0.0314 e. The van der Waals surface area contributed by atoms with Crippen LogP contribution in [0.2, 0.25) is 0 Å². The number of nitrogens with two attached hydrogens (primary N) is 2. The first-order valence-electron chi connectivity index (χ1n) is 3.98. The van der Waals surface area contributed by atoms with Gasteiger partial charge < -0.3 is 11.5 Å². The highest BCUT2D eigenvalue weighted by atomic mass is 14.6. The fourth-order valence-corrected chi connectivity index (χ4v) is 1.03. The molecule has 13 heavy (non-hydrogen) atoms. The second kappa shape index (κ2) is 4.30. The van der Waals surface area contributed by atoms with E-state index in [1.807, 2.05) is 24.3 Å². The van der Waals surface area contributed by atoms with Crippen molar-refractivity contribution in [3.63, 3.8) is 0 Å². The molecule has 0 aromatic heterocycles. The van der Waals surface area contributed by atoms with Gasteiger partial charge in [0.1, 0.15) is 0 Å². The second-order valence-corrected chi connectivity index (χ2v) is 2.63. The minimum atomic E-state index is 0.744. The molecule has 0 aliphatic heterocycles. The molecule has 0 saturated heterocycles. The number of aliphatic imine (C=N–C) groups is 1. The van der Waals surface area contributed by atoms with Crippen LogP contribution in [-0.2, 0) is 0 Å². The summed E-state index contributed by atoms with van der Waals surface area (Å²) >= 11 is 0. The fraction of sp³-hybridized carbons (Fsp3) is 0.100. The highest BCUT2D eigenvalue weighted by molar-refractivity contribution is 6.09. The molecule has 0 radical (unpaired) electrons. The zero-order valence-electron chi connectivity index (χ0n) is 7.57. The normalized spacial score (nSPS) is 12.2. The predicted molar refractivity (Wildman–Crippen MR) is 57.4 cm³/mol. The summed E-state index contributed by atoms with van der Waals surface area (Å²) < 4.78 is 0. The van der Waals surface area contributed by atoms with Gasteiger partial charge >= 0.3 is 0 Å². The molecule has 1 aromatic rings. The molecular weight excluding hydrogens is 162 g/mol. The van der Waals surface area contributed by atoms with Crippen molar-refractivity contribution in [3.05, 3.63) is 36.0 Å². The maximum absolute atomic E-state index is 5.56. The van der Waals surface area contributed by atoms with Gasteiger partial charge in [0.05, 0.1) is 0 Å². The van der Waals surface area contributed by atoms with E-state index in [0.29, 0.717) is 0 Å². The Balaban J connectivity index is 3.00. The van der Waals surface area contributed by atoms with Crippen LogP contribution < -0.4 is 11.5 Å². The molecular formula is C10H13N3. The average molecular weight is 175 g/mol. The summed E-state index contributed by atoms with van der Waals surface area (Å²) in [4.78, 5) is 3.90. The maximum Gasteiger partial charge on any atom is 0.0314 e. The van der Waals surface area contributed by atoms with Crippen molar-refractivity contribution in [2.75, 3.05) is 12.8 Å². The molecule has 0 unspecified atom stereocenters. The Morgan fingerprint density at radius 3 is 2.38 bits per heavy atom. The van der Waals surface area contributed by atoms with E-state index < -0.39 is 0 Å². The molecule has 0 saturated carbocycles. The van der Waals surface area contributed by atoms with Gasteiger partial charge in [-0.15, -0.1) is 0 Å². The van der Waals surface area contributed by atoms with Crippen molar-refractivity contribution in [1.29, 1.82) is 0 Å². The molecule has 3 nitrogen and oxygen atoms in total. The lowest BCUT2D eigenvalue weighted by Crippen LogP contribution is -1.92. The van der Waals surface area contributed by atoms with Crippen molar-refractivity contribution < 1.29 is 0 Å². The SMILES string of the molecule is CN=C/C(=C\N)c1ccc(N)cc1. The van der Waals surface area contributed by atoms with Crippen LogP contribution in [0.5, 0.6) is 0 Å². The zero-order chi connectivity index (χ0) is 9.68. The van der Waals surface area contributed by atoms with Crippen LogP contribution in [0.1, 0.15) is 5.56 Å². The standard InChI is InChI=1S/C10H13N3/c1-13-7-9(6-11)8-2-4-10(12)5-3-8/h2-7H,11-12H2,1H3/b9-6+,13-7?. The van der Waals surface area contributed by atoms with Gasteiger partial charge in [-0.25, -0.2) is 0 Å². The van der Waals surface area contributed by atoms with E-state index in [2.05, 4.69) is 4.99 Å². The minimum absolute atomic E-state index is 0.744. The summed E-state index contributed by atoms with van der Waals surface area (Å²) in [5, 5.41) is 0. The third kappa shape index (κ3) is 2.33. The van der Waals surface area contributed by atoms with Crippen LogP contribution in [0.15, 0.2) is 35.5 Å². The van der Waals surface area contributed by atoms with Gasteiger partial charge in [0.15, 0.2) is 0 Å². The van der Waals surface area contributed by atoms with E-state index in [4.69, 9.17) is 11.5 Å². The van der Waals surface area contributed by atoms with E-state index in [9.17, 15) is 0 Å². The van der Waals surface area contributed by atoms with Gasteiger partial charge in [-0.3, -0.25) is 4.99 Å². The van der Waals surface area contributed by atoms with E-state index in [-0.39, 0.29) is 0 Å². The Kier molecular flexibility index (Phi) is 3.09. The van der Waals surface area contributed by atoms with Gasteiger partial charge in [-0.05, 0) is 17.7 Å². The van der Waals surface area contributed by atoms with Crippen LogP contribution in [0, 0.1) is 0 Å². The van der Waals surface area contributed by atoms with Crippen molar-refractivity contribution >= 4 is 17.5 Å². The number of hydrogen-bond donors (Lipinski definition) is 2. The van der Waals surface area contributed by atoms with Crippen LogP contribution in [0.3, 0.4) is 0 Å². The van der Waals surface area contributed by atoms with E-state index in [0.717, 1.165) is 16.8 Å². The van der Waals surface area contributed by atoms with E-state index >= 15 is 0 Å². The molecule has 0 fully saturated rings. The summed E-state index contributed by atoms with van der Waals surface area (Å²) in [5.41, 5.74) is 13.7. The number of hydrogen-bond acceptors (Lipinski definition) is 3. The Morgan fingerprint density at radius 1 is 1.31 bits per heavy atom. The number of anilines is 1. The molecule has 0 aliphatic rings. The maximum atomic E-state index is 5.56. The summed E-state index contributed by atoms with van der Waals surface area (Å²) in [5.74, 6) is 0. The van der Waals surface area contributed by atoms with Crippen molar-refractivity contribution in [3.8, 4) is 0 Å². The van der Waals surface area contributed by atoms with Gasteiger partial charge in [-0.1, -0.05) is 12.1 Å². The van der Waals surface area contributed by atoms with Gasteiger partial charge in [0.2, 0.25) is 0 Å². The molecule has 3 heteroatoms. The van der Waals surface area contributed by atoms with Crippen LogP contribution >= 0.6 is 0 Å². The Labute approximate surface area is 77.8 Å². The van der Waals surface area contributed by atoms with Crippen LogP contribution in [0.25, 0.3) is 5.57 Å². The molecule has 0 atom stereocenters. The number of allylic oxidation sites excluding steroid dienone is 1. The van der Waals surface area contributed by atoms with Crippen molar-refractivity contribution in [2.24, 2.45) is 10.7 Å². The summed E-state index contributed by atoms with van der Waals surface area (Å²) in [6, 6.07) is 7.50. The highest BCUT2D eigenvalue weighted by Gasteiger charge is 1.96. The Morgan fingerprint density at radius 2 is 1.92 bits per heavy atom. The Hall–Kier alpha value is -1.77. The molecule has 0 heterocycles. The quantitative estimate of drug-likeness (QED) is 0.525. The Bertz CT molecular complexity index is 323. The third-order valence-corrected chi connectivity index (χ3v) is 1.69. The van der Waals surface area contributed by atoms with Crippen LogP contribution in [0.4, 0.5) is 5.69 Å². The fourth-order valence-electron chi connectivity index (χ4n) is 1.03. The monoisotopic (exact) mass is 175 g/mol. The largest absolute Gasteiger partial charge is 0.404 e. The molecule has 1 aromatic carbocycles. The minimum Gasteiger partial charge on any atom is -0.404 e. The van der Waals surface area contributed by atoms with E-state index in [1.165, 1.54) is 6.20 Å². The lowest BCUT2D eigenvalue weighted by atomic mass is 10.1. The van der Waals surface area contributed by atoms with Gasteiger partial charge in [0.25, 0.3) is 0 Å². The highest BCUT2D eigenvalue weighted by Crippen LogP contribution is 2.13. The molecule has 4 N–H and O–H groups in total. The summed E-state index contributed by atoms with van der Waals surface area (Å²) in [6.07, 6.45) is 3.24. The number of benzene rings is 1. The van der Waals surface area contributed by atoms with Crippen LogP contribution in [-0.4, -0.2) is 13.3 Å². The molecule has 1 rings (SSSR count). The molecule has 0 bridgehead atoms. The second-order valence-electron chi connectivity index (χ2n) is 2.63. The number of nitrogens with zero attached hydrogens (tertiary/aromatic N) is 1. The molecule has 0 spiro atoms. The topological polar surface area (TPSA) is 64.4 Å². The molecule has 0 amide bonds. The van der Waals surface area contributed by atoms with Crippen molar-refractivity contribution in [1.82, 2.24) is 0 Å². The van der Waals surface area contributed by atoms with Gasteiger partial charge in [0, 0.05) is 30.7 Å². The average Bonchev–Trinajstić information content (AvgIpc) is 2.16. The first kappa shape index (κ1) is 9.32. The van der Waals surface area contributed by atoms with E-state index in [1.54, 1.807) is 13.3 Å². The lowest BCUT2D eigenvalue weighted by Gasteiger charge is -2.00. The third-order valence-electron chi connectivity index (χ3n) is 1.69. The first-order chi connectivity index (χ1) is 6.27. The summed E-state index contributed by atoms with van der Waals surface area (Å²) in [7, 11) is 1.71. The molecule has 0 aliphatic carbocycles. The van der Waals surface area contributed by atoms with Crippen molar-refractivity contribution in [2.45, 2.75) is 0 Å².